The minimum Gasteiger partial charge on any atom is -0.364 e. The molecule has 2 heterocycles. The first-order valence-electron chi connectivity index (χ1n) is 10.1. The summed E-state index contributed by atoms with van der Waals surface area (Å²) in [6.07, 6.45) is -4.32. The lowest BCUT2D eigenvalue weighted by molar-refractivity contribution is -0.168. The van der Waals surface area contributed by atoms with E-state index in [1.165, 1.54) is 12.1 Å². The highest BCUT2D eigenvalue weighted by atomic mass is 19.4. The van der Waals surface area contributed by atoms with Gasteiger partial charge in [-0.25, -0.2) is 9.37 Å². The number of piperazine rings is 1. The van der Waals surface area contributed by atoms with E-state index in [0.29, 0.717) is 29.7 Å². The molecule has 5 nitrogen and oxygen atoms in total. The number of pyridine rings is 1. The third-order valence-electron chi connectivity index (χ3n) is 5.54. The van der Waals surface area contributed by atoms with Gasteiger partial charge in [-0.1, -0.05) is 24.3 Å². The van der Waals surface area contributed by atoms with Crippen molar-refractivity contribution >= 4 is 16.8 Å². The summed E-state index contributed by atoms with van der Waals surface area (Å²) in [5, 5.41) is 3.32. The van der Waals surface area contributed by atoms with Gasteiger partial charge in [0, 0.05) is 31.1 Å². The van der Waals surface area contributed by atoms with Crippen LogP contribution in [0.1, 0.15) is 23.0 Å². The average Bonchev–Trinajstić information content (AvgIpc) is 2.72. The van der Waals surface area contributed by atoms with Gasteiger partial charge in [-0.3, -0.25) is 9.69 Å². The van der Waals surface area contributed by atoms with Crippen molar-refractivity contribution in [3.8, 4) is 11.1 Å². The highest BCUT2D eigenvalue weighted by Gasteiger charge is 2.43. The number of carbonyl (C=O) groups is 1. The van der Waals surface area contributed by atoms with Gasteiger partial charge in [0.2, 0.25) is 0 Å². The van der Waals surface area contributed by atoms with Gasteiger partial charge < -0.3 is 11.1 Å². The second kappa shape index (κ2) is 8.48. The van der Waals surface area contributed by atoms with Crippen LogP contribution in [0, 0.1) is 5.82 Å². The van der Waals surface area contributed by atoms with Gasteiger partial charge in [-0.2, -0.15) is 13.2 Å². The van der Waals surface area contributed by atoms with Gasteiger partial charge in [-0.15, -0.1) is 0 Å². The van der Waals surface area contributed by atoms with E-state index >= 15 is 0 Å². The molecule has 2 atom stereocenters. The largest absolute Gasteiger partial charge is 0.405 e. The maximum atomic E-state index is 13.4. The van der Waals surface area contributed by atoms with Crippen molar-refractivity contribution in [2.45, 2.75) is 31.7 Å². The van der Waals surface area contributed by atoms with Gasteiger partial charge in [0.05, 0.1) is 5.52 Å². The number of hydrogen-bond acceptors (Lipinski definition) is 4. The minimum absolute atomic E-state index is 0.0573. The summed E-state index contributed by atoms with van der Waals surface area (Å²) >= 11 is 0. The minimum atomic E-state index is -4.32. The normalized spacial score (nSPS) is 19.9. The molecule has 1 aromatic heterocycles. The third-order valence-corrected chi connectivity index (χ3v) is 5.54. The van der Waals surface area contributed by atoms with E-state index in [2.05, 4.69) is 10.3 Å². The molecule has 4 rings (SSSR count). The fraction of sp³-hybridized carbons (Fsp3) is 0.304. The summed E-state index contributed by atoms with van der Waals surface area (Å²) in [4.78, 5) is 17.9. The Morgan fingerprint density at radius 3 is 2.53 bits per heavy atom. The first-order valence-corrected chi connectivity index (χ1v) is 10.1. The second-order valence-corrected chi connectivity index (χ2v) is 8.13. The number of primary amides is 1. The molecular formula is C23H22F4N4O. The monoisotopic (exact) mass is 446 g/mol. The van der Waals surface area contributed by atoms with Crippen LogP contribution in [-0.2, 0) is 6.54 Å². The molecule has 3 N–H and O–H groups in total. The lowest BCUT2D eigenvalue weighted by Gasteiger charge is -2.38. The Hall–Kier alpha value is -3.04. The van der Waals surface area contributed by atoms with Crippen LogP contribution < -0.4 is 11.1 Å². The second-order valence-electron chi connectivity index (χ2n) is 8.13. The maximum absolute atomic E-state index is 13.4. The molecular weight excluding hydrogens is 424 g/mol. The van der Waals surface area contributed by atoms with Crippen LogP contribution in [-0.4, -0.2) is 47.1 Å². The van der Waals surface area contributed by atoms with Crippen LogP contribution in [0.2, 0.25) is 0 Å². The van der Waals surface area contributed by atoms with Crippen molar-refractivity contribution in [1.29, 1.82) is 0 Å². The zero-order valence-electron chi connectivity index (χ0n) is 17.3. The highest BCUT2D eigenvalue weighted by Crippen LogP contribution is 2.30. The number of amides is 1. The topological polar surface area (TPSA) is 71.2 Å². The Morgan fingerprint density at radius 2 is 1.88 bits per heavy atom. The molecule has 32 heavy (non-hydrogen) atoms. The third kappa shape index (κ3) is 4.73. The number of benzene rings is 2. The molecule has 0 aliphatic carbocycles. The van der Waals surface area contributed by atoms with Crippen LogP contribution >= 0.6 is 0 Å². The van der Waals surface area contributed by atoms with E-state index in [0.717, 1.165) is 10.9 Å². The van der Waals surface area contributed by atoms with Crippen molar-refractivity contribution in [2.24, 2.45) is 5.73 Å². The Labute approximate surface area is 182 Å². The number of halogens is 4. The number of hydrogen-bond donors (Lipinski definition) is 2. The summed E-state index contributed by atoms with van der Waals surface area (Å²) in [5.41, 5.74) is 8.14. The molecule has 0 spiro atoms. The number of alkyl halides is 3. The lowest BCUT2D eigenvalue weighted by atomic mass is 9.98. The van der Waals surface area contributed by atoms with E-state index in [-0.39, 0.29) is 24.1 Å². The highest BCUT2D eigenvalue weighted by molar-refractivity contribution is 6.00. The number of nitrogens with two attached hydrogens (primary N) is 1. The summed E-state index contributed by atoms with van der Waals surface area (Å²) in [6.45, 7) is 2.35. The quantitative estimate of drug-likeness (QED) is 0.597. The summed E-state index contributed by atoms with van der Waals surface area (Å²) in [7, 11) is 0. The average molecular weight is 446 g/mol. The Balaban J connectivity index is 1.69. The zero-order chi connectivity index (χ0) is 23.0. The van der Waals surface area contributed by atoms with Crippen molar-refractivity contribution < 1.29 is 22.4 Å². The van der Waals surface area contributed by atoms with Crippen LogP contribution in [0.4, 0.5) is 17.6 Å². The van der Waals surface area contributed by atoms with Gasteiger partial charge in [-0.05, 0) is 47.9 Å². The molecule has 0 saturated carbocycles. The van der Waals surface area contributed by atoms with E-state index in [4.69, 9.17) is 5.73 Å². The molecule has 3 aromatic rings. The smallest absolute Gasteiger partial charge is 0.364 e. The van der Waals surface area contributed by atoms with E-state index in [1.807, 2.05) is 12.1 Å². The predicted octanol–water partition coefficient (Wildman–Crippen LogP) is 3.86. The molecule has 1 aliphatic rings. The number of nitrogens with zero attached hydrogens (tertiary/aromatic N) is 2. The Morgan fingerprint density at radius 1 is 1.16 bits per heavy atom. The molecule has 1 amide bonds. The van der Waals surface area contributed by atoms with Crippen LogP contribution in [0.3, 0.4) is 0 Å². The summed E-state index contributed by atoms with van der Waals surface area (Å²) in [6, 6.07) is 10.9. The van der Waals surface area contributed by atoms with Crippen molar-refractivity contribution in [3.63, 3.8) is 0 Å². The fourth-order valence-corrected chi connectivity index (χ4v) is 4.12. The predicted molar refractivity (Wildman–Crippen MR) is 113 cm³/mol. The molecule has 0 bridgehead atoms. The van der Waals surface area contributed by atoms with Crippen molar-refractivity contribution in [1.82, 2.24) is 15.2 Å². The fourth-order valence-electron chi connectivity index (χ4n) is 4.12. The molecule has 2 unspecified atom stereocenters. The SMILES string of the molecule is CC1CN(Cc2ccc3c(-c4ccc(F)cc4)cc(C(N)=O)nc3c2)CC(C(F)(F)F)N1. The van der Waals surface area contributed by atoms with Gasteiger partial charge in [0.15, 0.2) is 0 Å². The van der Waals surface area contributed by atoms with Gasteiger partial charge >= 0.3 is 6.18 Å². The number of rotatable bonds is 4. The summed E-state index contributed by atoms with van der Waals surface area (Å²) in [5.74, 6) is -1.09. The standard InChI is InChI=1S/C23H22F4N4O/c1-13-10-31(12-21(29-13)23(25,26)27)11-14-2-7-17-18(15-3-5-16(24)6-4-15)9-20(22(28)32)30-19(17)8-14/h2-9,13,21,29H,10-12H2,1H3,(H2,28,32). The van der Waals surface area contributed by atoms with Gasteiger partial charge in [0.25, 0.3) is 5.91 Å². The lowest BCUT2D eigenvalue weighted by Crippen LogP contribution is -2.60. The molecule has 9 heteroatoms. The maximum Gasteiger partial charge on any atom is 0.405 e. The summed E-state index contributed by atoms with van der Waals surface area (Å²) < 4.78 is 53.0. The number of nitrogens with one attached hydrogen (secondary N) is 1. The molecule has 2 aromatic carbocycles. The van der Waals surface area contributed by atoms with E-state index in [9.17, 15) is 22.4 Å². The zero-order valence-corrected chi connectivity index (χ0v) is 17.3. The first-order chi connectivity index (χ1) is 15.1. The number of aromatic nitrogens is 1. The van der Waals surface area contributed by atoms with E-state index in [1.54, 1.807) is 36.1 Å². The first kappa shape index (κ1) is 22.2. The van der Waals surface area contributed by atoms with Crippen molar-refractivity contribution in [2.75, 3.05) is 13.1 Å². The van der Waals surface area contributed by atoms with Gasteiger partial charge in [0.1, 0.15) is 17.6 Å². The van der Waals surface area contributed by atoms with Crippen LogP contribution in [0.25, 0.3) is 22.0 Å². The molecule has 1 saturated heterocycles. The molecule has 0 radical (unpaired) electrons. The van der Waals surface area contributed by atoms with Crippen LogP contribution in [0.5, 0.6) is 0 Å². The molecule has 1 aliphatic heterocycles. The molecule has 168 valence electrons. The molecule has 1 fully saturated rings. The van der Waals surface area contributed by atoms with Crippen LogP contribution in [0.15, 0.2) is 48.5 Å². The van der Waals surface area contributed by atoms with E-state index < -0.39 is 18.1 Å². The van der Waals surface area contributed by atoms with Crippen molar-refractivity contribution in [3.05, 3.63) is 65.6 Å². The Kier molecular flexibility index (Phi) is 5.87. The number of carbonyl (C=O) groups excluding carboxylic acids is 1. The number of fused-ring (bicyclic) bond motifs is 1. The Bertz CT molecular complexity index is 1150.